The number of amides is 1. The summed E-state index contributed by atoms with van der Waals surface area (Å²) >= 11 is 0. The van der Waals surface area contributed by atoms with Crippen molar-refractivity contribution in [1.82, 2.24) is 4.98 Å². The summed E-state index contributed by atoms with van der Waals surface area (Å²) in [4.78, 5) is 15.9. The molecule has 2 rings (SSSR count). The van der Waals surface area contributed by atoms with Crippen molar-refractivity contribution < 1.29 is 13.6 Å². The van der Waals surface area contributed by atoms with Gasteiger partial charge in [0.15, 0.2) is 0 Å². The fourth-order valence-corrected chi connectivity index (χ4v) is 1.58. The first-order valence-corrected chi connectivity index (χ1v) is 5.46. The number of pyridine rings is 1. The third kappa shape index (κ3) is 2.67. The number of nitrogens with one attached hydrogen (secondary N) is 1. The minimum atomic E-state index is -0.887. The van der Waals surface area contributed by atoms with Crippen molar-refractivity contribution in [3.05, 3.63) is 53.4 Å². The van der Waals surface area contributed by atoms with E-state index in [9.17, 15) is 13.6 Å². The predicted octanol–water partition coefficient (Wildman–Crippen LogP) is 2.50. The van der Waals surface area contributed by atoms with Gasteiger partial charge in [-0.3, -0.25) is 9.78 Å². The normalized spacial score (nSPS) is 10.3. The third-order valence-corrected chi connectivity index (χ3v) is 2.59. The Hall–Kier alpha value is -2.50. The summed E-state index contributed by atoms with van der Waals surface area (Å²) < 4.78 is 26.5. The van der Waals surface area contributed by atoms with Gasteiger partial charge in [-0.15, -0.1) is 0 Å². The molecule has 0 saturated heterocycles. The lowest BCUT2D eigenvalue weighted by atomic mass is 10.2. The van der Waals surface area contributed by atoms with Crippen LogP contribution in [0.25, 0.3) is 0 Å². The number of nitrogens with zero attached hydrogens (tertiary/aromatic N) is 1. The smallest absolute Gasteiger partial charge is 0.257 e. The maximum atomic E-state index is 13.5. The van der Waals surface area contributed by atoms with Gasteiger partial charge in [0.2, 0.25) is 0 Å². The summed E-state index contributed by atoms with van der Waals surface area (Å²) in [7, 11) is 0. The van der Waals surface area contributed by atoms with Crippen LogP contribution >= 0.6 is 0 Å². The summed E-state index contributed by atoms with van der Waals surface area (Å²) in [5.41, 5.74) is 5.74. The molecule has 1 aromatic heterocycles. The molecule has 0 unspecified atom stereocenters. The Labute approximate surface area is 108 Å². The van der Waals surface area contributed by atoms with Crippen LogP contribution in [0.2, 0.25) is 0 Å². The van der Waals surface area contributed by atoms with Crippen molar-refractivity contribution >= 4 is 17.3 Å². The van der Waals surface area contributed by atoms with Crippen LogP contribution in [0.15, 0.2) is 30.5 Å². The maximum Gasteiger partial charge on any atom is 0.257 e. The molecule has 0 saturated carbocycles. The van der Waals surface area contributed by atoms with Crippen molar-refractivity contribution in [3.8, 4) is 0 Å². The number of nitrogen functional groups attached to an aromatic ring is 1. The monoisotopic (exact) mass is 263 g/mol. The molecule has 2 aromatic rings. The lowest BCUT2D eigenvalue weighted by Gasteiger charge is -2.09. The number of halogens is 2. The lowest BCUT2D eigenvalue weighted by Crippen LogP contribution is -2.15. The van der Waals surface area contributed by atoms with Gasteiger partial charge in [-0.05, 0) is 25.1 Å². The van der Waals surface area contributed by atoms with E-state index in [1.54, 1.807) is 25.3 Å². The van der Waals surface area contributed by atoms with Crippen molar-refractivity contribution in [2.45, 2.75) is 6.92 Å². The zero-order valence-electron chi connectivity index (χ0n) is 10.1. The number of benzene rings is 1. The van der Waals surface area contributed by atoms with Crippen LogP contribution in [0.4, 0.5) is 20.2 Å². The molecular weight excluding hydrogens is 252 g/mol. The topological polar surface area (TPSA) is 68.0 Å². The lowest BCUT2D eigenvalue weighted by molar-refractivity contribution is 0.102. The van der Waals surface area contributed by atoms with E-state index in [1.807, 2.05) is 0 Å². The third-order valence-electron chi connectivity index (χ3n) is 2.59. The van der Waals surface area contributed by atoms with Crippen LogP contribution in [0.1, 0.15) is 16.1 Å². The molecular formula is C13H11F2N3O. The fraction of sp³-hybridized carbons (Fsp3) is 0.0769. The number of hydrogen-bond donors (Lipinski definition) is 2. The van der Waals surface area contributed by atoms with E-state index in [-0.39, 0.29) is 11.4 Å². The molecule has 0 aliphatic rings. The predicted molar refractivity (Wildman–Crippen MR) is 67.7 cm³/mol. The summed E-state index contributed by atoms with van der Waals surface area (Å²) in [5, 5.41) is 2.33. The summed E-state index contributed by atoms with van der Waals surface area (Å²) in [6.07, 6.45) is 1.54. The Kier molecular flexibility index (Phi) is 3.41. The molecule has 0 spiro atoms. The Morgan fingerprint density at radius 1 is 1.32 bits per heavy atom. The largest absolute Gasteiger partial charge is 0.396 e. The molecule has 0 aliphatic heterocycles. The minimum Gasteiger partial charge on any atom is -0.396 e. The Bertz CT molecular complexity index is 644. The van der Waals surface area contributed by atoms with Gasteiger partial charge in [-0.25, -0.2) is 8.78 Å². The summed E-state index contributed by atoms with van der Waals surface area (Å²) in [5.74, 6) is -2.29. The molecule has 0 atom stereocenters. The molecule has 6 heteroatoms. The zero-order valence-corrected chi connectivity index (χ0v) is 10.1. The van der Waals surface area contributed by atoms with Gasteiger partial charge in [-0.2, -0.15) is 0 Å². The molecule has 1 aromatic carbocycles. The van der Waals surface area contributed by atoms with Gasteiger partial charge in [-0.1, -0.05) is 0 Å². The number of anilines is 2. The van der Waals surface area contributed by atoms with E-state index in [0.29, 0.717) is 17.3 Å². The first kappa shape index (κ1) is 12.9. The summed E-state index contributed by atoms with van der Waals surface area (Å²) in [6, 6.07) is 4.81. The van der Waals surface area contributed by atoms with Crippen molar-refractivity contribution in [2.24, 2.45) is 0 Å². The second-order valence-corrected chi connectivity index (χ2v) is 3.94. The standard InChI is InChI=1S/C13H11F2N3O/c1-7-8(3-2-4-17-7)13(19)18-12-6-11(16)9(14)5-10(12)15/h2-6H,16H2,1H3,(H,18,19). The van der Waals surface area contributed by atoms with Crippen molar-refractivity contribution in [3.63, 3.8) is 0 Å². The molecule has 98 valence electrons. The molecule has 0 fully saturated rings. The Morgan fingerprint density at radius 3 is 2.74 bits per heavy atom. The number of carbonyl (C=O) groups excluding carboxylic acids is 1. The molecule has 1 amide bonds. The van der Waals surface area contributed by atoms with Crippen molar-refractivity contribution in [2.75, 3.05) is 11.1 Å². The van der Waals surface area contributed by atoms with Gasteiger partial charge in [0, 0.05) is 18.0 Å². The van der Waals surface area contributed by atoms with Crippen LogP contribution in [-0.2, 0) is 0 Å². The zero-order chi connectivity index (χ0) is 14.0. The number of aryl methyl sites for hydroxylation is 1. The first-order valence-electron chi connectivity index (χ1n) is 5.46. The van der Waals surface area contributed by atoms with E-state index >= 15 is 0 Å². The molecule has 0 aliphatic carbocycles. The van der Waals surface area contributed by atoms with Gasteiger partial charge < -0.3 is 11.1 Å². The molecule has 0 bridgehead atoms. The highest BCUT2D eigenvalue weighted by Gasteiger charge is 2.13. The first-order chi connectivity index (χ1) is 8.99. The van der Waals surface area contributed by atoms with Crippen LogP contribution in [0.5, 0.6) is 0 Å². The minimum absolute atomic E-state index is 0.174. The average Bonchev–Trinajstić information content (AvgIpc) is 2.36. The van der Waals surface area contributed by atoms with Crippen LogP contribution in [-0.4, -0.2) is 10.9 Å². The number of carbonyl (C=O) groups is 1. The molecule has 0 radical (unpaired) electrons. The number of nitrogens with two attached hydrogens (primary N) is 1. The van der Waals surface area contributed by atoms with Gasteiger partial charge in [0.25, 0.3) is 5.91 Å². The second kappa shape index (κ2) is 5.01. The quantitative estimate of drug-likeness (QED) is 0.818. The van der Waals surface area contributed by atoms with E-state index in [0.717, 1.165) is 6.07 Å². The van der Waals surface area contributed by atoms with Crippen LogP contribution < -0.4 is 11.1 Å². The second-order valence-electron chi connectivity index (χ2n) is 3.94. The number of aromatic nitrogens is 1. The van der Waals surface area contributed by atoms with Crippen LogP contribution in [0.3, 0.4) is 0 Å². The highest BCUT2D eigenvalue weighted by molar-refractivity contribution is 6.05. The maximum absolute atomic E-state index is 13.5. The van der Waals surface area contributed by atoms with E-state index in [4.69, 9.17) is 5.73 Å². The molecule has 19 heavy (non-hydrogen) atoms. The summed E-state index contributed by atoms with van der Waals surface area (Å²) in [6.45, 7) is 1.66. The van der Waals surface area contributed by atoms with Crippen LogP contribution in [0, 0.1) is 18.6 Å². The Balaban J connectivity index is 2.30. The average molecular weight is 263 g/mol. The fourth-order valence-electron chi connectivity index (χ4n) is 1.58. The van der Waals surface area contributed by atoms with Gasteiger partial charge in [0.1, 0.15) is 11.6 Å². The van der Waals surface area contributed by atoms with Gasteiger partial charge in [0.05, 0.1) is 16.9 Å². The number of rotatable bonds is 2. The molecule has 4 nitrogen and oxygen atoms in total. The Morgan fingerprint density at radius 2 is 2.05 bits per heavy atom. The van der Waals surface area contributed by atoms with E-state index in [2.05, 4.69) is 10.3 Å². The van der Waals surface area contributed by atoms with E-state index in [1.165, 1.54) is 0 Å². The number of hydrogen-bond acceptors (Lipinski definition) is 3. The van der Waals surface area contributed by atoms with Crippen molar-refractivity contribution in [1.29, 1.82) is 0 Å². The van der Waals surface area contributed by atoms with E-state index < -0.39 is 17.5 Å². The highest BCUT2D eigenvalue weighted by atomic mass is 19.1. The molecule has 1 heterocycles. The highest BCUT2D eigenvalue weighted by Crippen LogP contribution is 2.21. The molecule has 3 N–H and O–H groups in total. The van der Waals surface area contributed by atoms with Gasteiger partial charge >= 0.3 is 0 Å². The SMILES string of the molecule is Cc1ncccc1C(=O)Nc1cc(N)c(F)cc1F.